The number of rotatable bonds is 2. The molecule has 0 aliphatic carbocycles. The molecule has 1 aliphatic heterocycles. The molecule has 1 aliphatic rings. The number of hydrogen-bond donors (Lipinski definition) is 0. The van der Waals surface area contributed by atoms with Gasteiger partial charge in [-0.1, -0.05) is 0 Å². The van der Waals surface area contributed by atoms with E-state index in [0.717, 1.165) is 18.2 Å². The summed E-state index contributed by atoms with van der Waals surface area (Å²) < 4.78 is 0. The second-order valence-electron chi connectivity index (χ2n) is 4.18. The molecule has 98 valence electrons. The summed E-state index contributed by atoms with van der Waals surface area (Å²) in [5.74, 6) is -0.0492. The highest BCUT2D eigenvalue weighted by Gasteiger charge is 2.23. The van der Waals surface area contributed by atoms with E-state index < -0.39 is 0 Å². The zero-order valence-electron chi connectivity index (χ0n) is 10.3. The van der Waals surface area contributed by atoms with E-state index in [0.29, 0.717) is 18.8 Å². The van der Waals surface area contributed by atoms with Crippen LogP contribution in [0.2, 0.25) is 0 Å². The van der Waals surface area contributed by atoms with E-state index >= 15 is 0 Å². The van der Waals surface area contributed by atoms with E-state index in [4.69, 9.17) is 0 Å². The number of anilines is 1. The maximum atomic E-state index is 12.2. The molecular weight excluding hydrogens is 262 g/mol. The number of amides is 1. The molecule has 2 aromatic rings. The number of thiazole rings is 1. The Morgan fingerprint density at radius 2 is 1.95 bits per heavy atom. The molecule has 1 amide bonds. The highest BCUT2D eigenvalue weighted by atomic mass is 32.1. The van der Waals surface area contributed by atoms with Crippen LogP contribution >= 0.6 is 11.3 Å². The molecule has 0 spiro atoms. The number of aromatic nitrogens is 3. The lowest BCUT2D eigenvalue weighted by Crippen LogP contribution is -2.49. The zero-order valence-corrected chi connectivity index (χ0v) is 11.1. The van der Waals surface area contributed by atoms with Gasteiger partial charge in [0.25, 0.3) is 5.91 Å². The fourth-order valence-corrected chi connectivity index (χ4v) is 2.74. The molecule has 2 aromatic heterocycles. The molecule has 0 atom stereocenters. The van der Waals surface area contributed by atoms with Gasteiger partial charge < -0.3 is 9.80 Å². The van der Waals surface area contributed by atoms with Crippen LogP contribution in [0.1, 0.15) is 10.5 Å². The summed E-state index contributed by atoms with van der Waals surface area (Å²) in [6.07, 6.45) is 6.42. The lowest BCUT2D eigenvalue weighted by Gasteiger charge is -2.34. The molecule has 0 radical (unpaired) electrons. The van der Waals surface area contributed by atoms with Crippen LogP contribution < -0.4 is 4.90 Å². The van der Waals surface area contributed by atoms with Crippen molar-refractivity contribution in [3.05, 3.63) is 35.9 Å². The molecule has 0 bridgehead atoms. The molecule has 6 nitrogen and oxygen atoms in total. The Kier molecular flexibility index (Phi) is 3.37. The topological polar surface area (TPSA) is 62.2 Å². The lowest BCUT2D eigenvalue weighted by molar-refractivity contribution is 0.0740. The lowest BCUT2D eigenvalue weighted by atomic mass is 10.3. The number of hydrogen-bond acceptors (Lipinski definition) is 6. The zero-order chi connectivity index (χ0) is 13.1. The van der Waals surface area contributed by atoms with Gasteiger partial charge in [-0.05, 0) is 0 Å². The van der Waals surface area contributed by atoms with E-state index in [2.05, 4.69) is 19.9 Å². The highest BCUT2D eigenvalue weighted by molar-refractivity contribution is 7.13. The van der Waals surface area contributed by atoms with Gasteiger partial charge in [0.15, 0.2) is 5.13 Å². The van der Waals surface area contributed by atoms with Crippen molar-refractivity contribution in [3.63, 3.8) is 0 Å². The SMILES string of the molecule is O=C(c1cnccn1)N1CCN(c2nccs2)CC1. The summed E-state index contributed by atoms with van der Waals surface area (Å²) in [5.41, 5.74) is 0.408. The van der Waals surface area contributed by atoms with Crippen LogP contribution in [0.15, 0.2) is 30.2 Å². The summed E-state index contributed by atoms with van der Waals surface area (Å²) >= 11 is 1.62. The van der Waals surface area contributed by atoms with Crippen LogP contribution in [-0.2, 0) is 0 Å². The van der Waals surface area contributed by atoms with Crippen molar-refractivity contribution in [2.45, 2.75) is 0 Å². The van der Waals surface area contributed by atoms with Crippen LogP contribution in [0.25, 0.3) is 0 Å². The molecule has 3 rings (SSSR count). The highest BCUT2D eigenvalue weighted by Crippen LogP contribution is 2.19. The molecule has 3 heterocycles. The second-order valence-corrected chi connectivity index (χ2v) is 5.06. The summed E-state index contributed by atoms with van der Waals surface area (Å²) in [4.78, 5) is 28.5. The first-order valence-electron chi connectivity index (χ1n) is 6.04. The molecule has 7 heteroatoms. The van der Waals surface area contributed by atoms with Gasteiger partial charge in [-0.3, -0.25) is 9.78 Å². The first kappa shape index (κ1) is 12.0. The van der Waals surface area contributed by atoms with E-state index in [1.807, 2.05) is 10.3 Å². The number of nitrogens with zero attached hydrogens (tertiary/aromatic N) is 5. The minimum absolute atomic E-state index is 0.0492. The summed E-state index contributed by atoms with van der Waals surface area (Å²) in [7, 11) is 0. The van der Waals surface area contributed by atoms with E-state index in [9.17, 15) is 4.79 Å². The predicted molar refractivity (Wildman–Crippen MR) is 72.3 cm³/mol. The summed E-state index contributed by atoms with van der Waals surface area (Å²) in [6, 6.07) is 0. The smallest absolute Gasteiger partial charge is 0.274 e. The van der Waals surface area contributed by atoms with Gasteiger partial charge in [0, 0.05) is 50.1 Å². The van der Waals surface area contributed by atoms with Crippen molar-refractivity contribution in [1.82, 2.24) is 19.9 Å². The standard InChI is InChI=1S/C12H13N5OS/c18-11(10-9-13-1-2-14-10)16-4-6-17(7-5-16)12-15-3-8-19-12/h1-3,8-9H,4-7H2. The van der Waals surface area contributed by atoms with Gasteiger partial charge in [-0.2, -0.15) is 0 Å². The number of piperazine rings is 1. The quantitative estimate of drug-likeness (QED) is 0.814. The van der Waals surface area contributed by atoms with Gasteiger partial charge >= 0.3 is 0 Å². The molecule has 0 saturated carbocycles. The summed E-state index contributed by atoms with van der Waals surface area (Å²) in [6.45, 7) is 2.99. The van der Waals surface area contributed by atoms with Crippen LogP contribution in [0, 0.1) is 0 Å². The Hall–Kier alpha value is -2.02. The van der Waals surface area contributed by atoms with Crippen molar-refractivity contribution >= 4 is 22.4 Å². The average molecular weight is 275 g/mol. The normalized spacial score (nSPS) is 15.6. The Morgan fingerprint density at radius 3 is 2.58 bits per heavy atom. The molecule has 19 heavy (non-hydrogen) atoms. The molecule has 0 aromatic carbocycles. The third-order valence-corrected chi connectivity index (χ3v) is 3.87. The molecule has 1 saturated heterocycles. The van der Waals surface area contributed by atoms with Crippen LogP contribution in [-0.4, -0.2) is 51.9 Å². The van der Waals surface area contributed by atoms with E-state index in [1.165, 1.54) is 6.20 Å². The number of carbonyl (C=O) groups excluding carboxylic acids is 1. The van der Waals surface area contributed by atoms with Crippen LogP contribution in [0.4, 0.5) is 5.13 Å². The maximum absolute atomic E-state index is 12.2. The van der Waals surface area contributed by atoms with Gasteiger partial charge in [-0.15, -0.1) is 11.3 Å². The van der Waals surface area contributed by atoms with Gasteiger partial charge in [0.05, 0.1) is 6.20 Å². The van der Waals surface area contributed by atoms with Crippen LogP contribution in [0.5, 0.6) is 0 Å². The Labute approximate surface area is 114 Å². The van der Waals surface area contributed by atoms with Crippen molar-refractivity contribution < 1.29 is 4.79 Å². The van der Waals surface area contributed by atoms with Gasteiger partial charge in [-0.25, -0.2) is 9.97 Å². The Balaban J connectivity index is 1.63. The fourth-order valence-electron chi connectivity index (χ4n) is 2.04. The van der Waals surface area contributed by atoms with Crippen molar-refractivity contribution in [2.24, 2.45) is 0 Å². The third-order valence-electron chi connectivity index (χ3n) is 3.04. The Morgan fingerprint density at radius 1 is 1.11 bits per heavy atom. The monoisotopic (exact) mass is 275 g/mol. The molecular formula is C12H13N5OS. The third kappa shape index (κ3) is 2.55. The van der Waals surface area contributed by atoms with Gasteiger partial charge in [0.2, 0.25) is 0 Å². The molecule has 0 unspecified atom stereocenters. The van der Waals surface area contributed by atoms with Crippen LogP contribution in [0.3, 0.4) is 0 Å². The maximum Gasteiger partial charge on any atom is 0.274 e. The second kappa shape index (κ2) is 5.31. The van der Waals surface area contributed by atoms with Gasteiger partial charge in [0.1, 0.15) is 5.69 Å². The first-order valence-corrected chi connectivity index (χ1v) is 6.92. The fraction of sp³-hybridized carbons (Fsp3) is 0.333. The minimum Gasteiger partial charge on any atom is -0.345 e. The average Bonchev–Trinajstić information content (AvgIpc) is 3.02. The number of carbonyl (C=O) groups is 1. The van der Waals surface area contributed by atoms with E-state index in [-0.39, 0.29) is 5.91 Å². The Bertz CT molecular complexity index is 537. The minimum atomic E-state index is -0.0492. The van der Waals surface area contributed by atoms with Crippen molar-refractivity contribution in [3.8, 4) is 0 Å². The molecule has 1 fully saturated rings. The van der Waals surface area contributed by atoms with Crippen molar-refractivity contribution in [1.29, 1.82) is 0 Å². The first-order chi connectivity index (χ1) is 9.34. The summed E-state index contributed by atoms with van der Waals surface area (Å²) in [5, 5.41) is 2.98. The van der Waals surface area contributed by atoms with Crippen molar-refractivity contribution in [2.75, 3.05) is 31.1 Å². The molecule has 0 N–H and O–H groups in total. The largest absolute Gasteiger partial charge is 0.345 e. The van der Waals surface area contributed by atoms with E-state index in [1.54, 1.807) is 29.9 Å². The predicted octanol–water partition coefficient (Wildman–Crippen LogP) is 0.895.